The maximum atomic E-state index is 11.2. The first kappa shape index (κ1) is 12.1. The zero-order valence-electron chi connectivity index (χ0n) is 9.41. The molecule has 0 aromatic heterocycles. The molecule has 1 aromatic carbocycles. The minimum Gasteiger partial charge on any atom is -0.398 e. The minimum absolute atomic E-state index is 0.0209. The van der Waals surface area contributed by atoms with Crippen molar-refractivity contribution in [1.29, 1.82) is 0 Å². The fourth-order valence-corrected chi connectivity index (χ4v) is 2.22. The van der Waals surface area contributed by atoms with Crippen LogP contribution in [0.1, 0.15) is 37.6 Å². The quantitative estimate of drug-likeness (QED) is 0.483. The summed E-state index contributed by atoms with van der Waals surface area (Å²) in [7, 11) is 0. The first-order valence-corrected chi connectivity index (χ1v) is 5.99. The lowest BCUT2D eigenvalue weighted by molar-refractivity contribution is 0.101. The number of ketones is 1. The lowest BCUT2D eigenvalue weighted by Crippen LogP contribution is -2.00. The Morgan fingerprint density at radius 1 is 1.53 bits per heavy atom. The number of benzene rings is 1. The number of thioether (sulfide) groups is 1. The molecule has 0 radical (unpaired) electrons. The van der Waals surface area contributed by atoms with E-state index < -0.39 is 0 Å². The average molecular weight is 223 g/mol. The third kappa shape index (κ3) is 3.27. The van der Waals surface area contributed by atoms with Gasteiger partial charge in [0.15, 0.2) is 5.78 Å². The molecular weight excluding hydrogens is 206 g/mol. The van der Waals surface area contributed by atoms with E-state index in [1.54, 1.807) is 11.8 Å². The smallest absolute Gasteiger partial charge is 0.161 e. The number of carbonyl (C=O) groups excluding carboxylic acids is 1. The standard InChI is InChI=1S/C12H17NOS/c1-4-8(2)15-10-5-6-11(9(3)14)12(13)7-10/h5-8H,4,13H2,1-3H3. The Hall–Kier alpha value is -0.960. The average Bonchev–Trinajstić information content (AvgIpc) is 2.17. The molecule has 0 saturated heterocycles. The predicted octanol–water partition coefficient (Wildman–Crippen LogP) is 3.36. The molecule has 1 atom stereocenters. The Morgan fingerprint density at radius 3 is 2.67 bits per heavy atom. The topological polar surface area (TPSA) is 43.1 Å². The van der Waals surface area contributed by atoms with Gasteiger partial charge in [-0.15, -0.1) is 11.8 Å². The highest BCUT2D eigenvalue weighted by Gasteiger charge is 2.07. The van der Waals surface area contributed by atoms with Crippen LogP contribution in [0, 0.1) is 0 Å². The number of anilines is 1. The highest BCUT2D eigenvalue weighted by atomic mass is 32.2. The van der Waals surface area contributed by atoms with E-state index in [-0.39, 0.29) is 5.78 Å². The second kappa shape index (κ2) is 5.21. The van der Waals surface area contributed by atoms with Gasteiger partial charge in [-0.05, 0) is 31.5 Å². The Kier molecular flexibility index (Phi) is 4.21. The van der Waals surface area contributed by atoms with Gasteiger partial charge in [0.2, 0.25) is 0 Å². The fraction of sp³-hybridized carbons (Fsp3) is 0.417. The molecule has 0 amide bonds. The summed E-state index contributed by atoms with van der Waals surface area (Å²) in [6, 6.07) is 5.65. The van der Waals surface area contributed by atoms with Crippen LogP contribution in [0.3, 0.4) is 0 Å². The van der Waals surface area contributed by atoms with E-state index in [0.717, 1.165) is 11.3 Å². The number of nitrogen functional groups attached to an aromatic ring is 1. The Morgan fingerprint density at radius 2 is 2.20 bits per heavy atom. The monoisotopic (exact) mass is 223 g/mol. The number of rotatable bonds is 4. The van der Waals surface area contributed by atoms with E-state index in [1.807, 2.05) is 18.2 Å². The predicted molar refractivity (Wildman–Crippen MR) is 66.5 cm³/mol. The molecule has 1 unspecified atom stereocenters. The maximum absolute atomic E-state index is 11.2. The van der Waals surface area contributed by atoms with Crippen LogP contribution < -0.4 is 5.73 Å². The second-order valence-corrected chi connectivity index (χ2v) is 5.15. The molecule has 82 valence electrons. The molecule has 0 fully saturated rings. The van der Waals surface area contributed by atoms with Crippen LogP contribution in [0.5, 0.6) is 0 Å². The molecule has 2 N–H and O–H groups in total. The van der Waals surface area contributed by atoms with Gasteiger partial charge >= 0.3 is 0 Å². The molecular formula is C12H17NOS. The number of hydrogen-bond donors (Lipinski definition) is 1. The first-order valence-electron chi connectivity index (χ1n) is 5.11. The molecule has 0 aliphatic rings. The molecule has 0 bridgehead atoms. The molecule has 0 spiro atoms. The van der Waals surface area contributed by atoms with E-state index in [9.17, 15) is 4.79 Å². The van der Waals surface area contributed by atoms with Gasteiger partial charge in [-0.1, -0.05) is 13.8 Å². The van der Waals surface area contributed by atoms with Crippen molar-refractivity contribution < 1.29 is 4.79 Å². The van der Waals surface area contributed by atoms with Gasteiger partial charge in [-0.2, -0.15) is 0 Å². The molecule has 0 saturated carbocycles. The maximum Gasteiger partial charge on any atom is 0.161 e. The van der Waals surface area contributed by atoms with Crippen LogP contribution in [-0.2, 0) is 0 Å². The van der Waals surface area contributed by atoms with Crippen LogP contribution in [0.15, 0.2) is 23.1 Å². The molecule has 3 heteroatoms. The van der Waals surface area contributed by atoms with Gasteiger partial charge in [0.1, 0.15) is 0 Å². The van der Waals surface area contributed by atoms with Gasteiger partial charge in [0, 0.05) is 21.4 Å². The van der Waals surface area contributed by atoms with Crippen molar-refractivity contribution in [3.63, 3.8) is 0 Å². The summed E-state index contributed by atoms with van der Waals surface area (Å²) in [6.07, 6.45) is 1.12. The molecule has 0 aliphatic carbocycles. The number of nitrogens with two attached hydrogens (primary N) is 1. The van der Waals surface area contributed by atoms with Crippen LogP contribution in [0.2, 0.25) is 0 Å². The van der Waals surface area contributed by atoms with Crippen molar-refractivity contribution in [3.05, 3.63) is 23.8 Å². The molecule has 2 nitrogen and oxygen atoms in total. The molecule has 0 aliphatic heterocycles. The molecule has 1 rings (SSSR count). The minimum atomic E-state index is 0.0209. The molecule has 1 aromatic rings. The van der Waals surface area contributed by atoms with Crippen LogP contribution >= 0.6 is 11.8 Å². The van der Waals surface area contributed by atoms with Crippen molar-refractivity contribution in [2.45, 2.75) is 37.3 Å². The zero-order chi connectivity index (χ0) is 11.4. The van der Waals surface area contributed by atoms with Crippen molar-refractivity contribution >= 4 is 23.2 Å². The van der Waals surface area contributed by atoms with E-state index in [4.69, 9.17) is 5.73 Å². The van der Waals surface area contributed by atoms with Gasteiger partial charge < -0.3 is 5.73 Å². The van der Waals surface area contributed by atoms with Crippen molar-refractivity contribution in [2.75, 3.05) is 5.73 Å². The summed E-state index contributed by atoms with van der Waals surface area (Å²) in [4.78, 5) is 12.3. The number of Topliss-reactive ketones (excluding diaryl/α,β-unsaturated/α-hetero) is 1. The molecule has 15 heavy (non-hydrogen) atoms. The fourth-order valence-electron chi connectivity index (χ4n) is 1.25. The summed E-state index contributed by atoms with van der Waals surface area (Å²) in [5.41, 5.74) is 7.00. The third-order valence-corrected chi connectivity index (χ3v) is 3.58. The first-order chi connectivity index (χ1) is 7.04. The third-order valence-electron chi connectivity index (χ3n) is 2.31. The van der Waals surface area contributed by atoms with E-state index in [1.165, 1.54) is 6.92 Å². The lowest BCUT2D eigenvalue weighted by atomic mass is 10.1. The van der Waals surface area contributed by atoms with Crippen LogP contribution in [0.4, 0.5) is 5.69 Å². The SMILES string of the molecule is CCC(C)Sc1ccc(C(C)=O)c(N)c1. The Balaban J connectivity index is 2.87. The van der Waals surface area contributed by atoms with E-state index in [2.05, 4.69) is 13.8 Å². The van der Waals surface area contributed by atoms with Crippen LogP contribution in [0.25, 0.3) is 0 Å². The van der Waals surface area contributed by atoms with Crippen LogP contribution in [-0.4, -0.2) is 11.0 Å². The molecule has 0 heterocycles. The highest BCUT2D eigenvalue weighted by molar-refractivity contribution is 7.99. The normalized spacial score (nSPS) is 12.5. The van der Waals surface area contributed by atoms with Gasteiger partial charge in [-0.3, -0.25) is 4.79 Å². The number of hydrogen-bond acceptors (Lipinski definition) is 3. The Labute approximate surface area is 95.2 Å². The summed E-state index contributed by atoms with van der Waals surface area (Å²) in [6.45, 7) is 5.87. The van der Waals surface area contributed by atoms with Gasteiger partial charge in [-0.25, -0.2) is 0 Å². The van der Waals surface area contributed by atoms with Gasteiger partial charge in [0.05, 0.1) is 0 Å². The van der Waals surface area contributed by atoms with E-state index >= 15 is 0 Å². The summed E-state index contributed by atoms with van der Waals surface area (Å²) in [5.74, 6) is 0.0209. The Bertz CT molecular complexity index is 363. The van der Waals surface area contributed by atoms with Crippen molar-refractivity contribution in [1.82, 2.24) is 0 Å². The lowest BCUT2D eigenvalue weighted by Gasteiger charge is -2.09. The van der Waals surface area contributed by atoms with Gasteiger partial charge in [0.25, 0.3) is 0 Å². The summed E-state index contributed by atoms with van der Waals surface area (Å²) in [5, 5.41) is 0.576. The largest absolute Gasteiger partial charge is 0.398 e. The highest BCUT2D eigenvalue weighted by Crippen LogP contribution is 2.28. The van der Waals surface area contributed by atoms with E-state index in [0.29, 0.717) is 16.5 Å². The second-order valence-electron chi connectivity index (χ2n) is 3.64. The number of carbonyl (C=O) groups is 1. The summed E-state index contributed by atoms with van der Waals surface area (Å²) < 4.78 is 0. The van der Waals surface area contributed by atoms with Crippen molar-refractivity contribution in [2.24, 2.45) is 0 Å². The van der Waals surface area contributed by atoms with Crippen molar-refractivity contribution in [3.8, 4) is 0 Å². The zero-order valence-corrected chi connectivity index (χ0v) is 10.2. The summed E-state index contributed by atoms with van der Waals surface area (Å²) >= 11 is 1.79.